The van der Waals surface area contributed by atoms with Crippen molar-refractivity contribution in [1.29, 1.82) is 0 Å². The summed E-state index contributed by atoms with van der Waals surface area (Å²) in [6, 6.07) is 8.10. The van der Waals surface area contributed by atoms with Gasteiger partial charge in [0.2, 0.25) is 5.43 Å². The van der Waals surface area contributed by atoms with Crippen LogP contribution in [0.4, 0.5) is 0 Å². The highest BCUT2D eigenvalue weighted by Gasteiger charge is 2.19. The van der Waals surface area contributed by atoms with E-state index in [1.54, 1.807) is 19.1 Å². The quantitative estimate of drug-likeness (QED) is 0.527. The average Bonchev–Trinajstić information content (AvgIpc) is 2.60. The van der Waals surface area contributed by atoms with Crippen LogP contribution in [-0.2, 0) is 14.3 Å². The van der Waals surface area contributed by atoms with Gasteiger partial charge in [-0.2, -0.15) is 0 Å². The van der Waals surface area contributed by atoms with Gasteiger partial charge in [-0.25, -0.2) is 4.79 Å². The van der Waals surface area contributed by atoms with Gasteiger partial charge in [0.1, 0.15) is 17.3 Å². The standard InChI is InChI=1S/C20H18O6/c1-10-7-14(11(2)25-12(3)21)19-16(8-10)18(22)15-9-13(20(23)24-4)5-6-17(15)26-19/h5-9,11H,1-4H3. The molecule has 0 amide bonds. The van der Waals surface area contributed by atoms with Crippen molar-refractivity contribution in [2.45, 2.75) is 26.9 Å². The van der Waals surface area contributed by atoms with Crippen LogP contribution in [0.3, 0.4) is 0 Å². The third-order valence-electron chi connectivity index (χ3n) is 4.14. The van der Waals surface area contributed by atoms with Gasteiger partial charge in [0.25, 0.3) is 0 Å². The van der Waals surface area contributed by atoms with E-state index in [1.807, 2.05) is 13.0 Å². The third kappa shape index (κ3) is 3.06. The molecule has 0 saturated heterocycles. The topological polar surface area (TPSA) is 82.8 Å². The largest absolute Gasteiger partial charge is 0.465 e. The van der Waals surface area contributed by atoms with Crippen molar-refractivity contribution in [3.05, 3.63) is 57.2 Å². The molecule has 3 rings (SSSR count). The predicted molar refractivity (Wildman–Crippen MR) is 96.2 cm³/mol. The van der Waals surface area contributed by atoms with Gasteiger partial charge in [-0.1, -0.05) is 0 Å². The molecule has 134 valence electrons. The minimum Gasteiger partial charge on any atom is -0.465 e. The minimum absolute atomic E-state index is 0.257. The van der Waals surface area contributed by atoms with E-state index < -0.39 is 18.0 Å². The van der Waals surface area contributed by atoms with Crippen LogP contribution in [0.5, 0.6) is 0 Å². The molecule has 0 bridgehead atoms. The summed E-state index contributed by atoms with van der Waals surface area (Å²) >= 11 is 0. The summed E-state index contributed by atoms with van der Waals surface area (Å²) in [5.74, 6) is -0.946. The van der Waals surface area contributed by atoms with Crippen molar-refractivity contribution < 1.29 is 23.5 Å². The first kappa shape index (κ1) is 17.7. The summed E-state index contributed by atoms with van der Waals surface area (Å²) in [4.78, 5) is 36.0. The Morgan fingerprint density at radius 1 is 1.12 bits per heavy atom. The van der Waals surface area contributed by atoms with Gasteiger partial charge in [0.05, 0.1) is 23.4 Å². The van der Waals surface area contributed by atoms with Gasteiger partial charge in [-0.3, -0.25) is 9.59 Å². The molecular weight excluding hydrogens is 336 g/mol. The first-order valence-electron chi connectivity index (χ1n) is 8.08. The maximum atomic E-state index is 13.0. The Hall–Kier alpha value is -3.15. The van der Waals surface area contributed by atoms with Crippen LogP contribution in [0, 0.1) is 6.92 Å². The molecule has 26 heavy (non-hydrogen) atoms. The number of aryl methyl sites for hydroxylation is 1. The summed E-state index contributed by atoms with van der Waals surface area (Å²) in [5, 5.41) is 0.658. The molecule has 1 unspecified atom stereocenters. The monoisotopic (exact) mass is 354 g/mol. The maximum Gasteiger partial charge on any atom is 0.337 e. The molecule has 0 aliphatic carbocycles. The van der Waals surface area contributed by atoms with Crippen LogP contribution in [0.15, 0.2) is 39.5 Å². The Bertz CT molecular complexity index is 1090. The normalized spacial score (nSPS) is 12.2. The molecule has 0 saturated carbocycles. The zero-order valence-electron chi connectivity index (χ0n) is 14.9. The highest BCUT2D eigenvalue weighted by Crippen LogP contribution is 2.29. The van der Waals surface area contributed by atoms with Gasteiger partial charge in [0.15, 0.2) is 0 Å². The average molecular weight is 354 g/mol. The van der Waals surface area contributed by atoms with E-state index in [0.717, 1.165) is 5.56 Å². The van der Waals surface area contributed by atoms with Crippen molar-refractivity contribution >= 4 is 33.9 Å². The lowest BCUT2D eigenvalue weighted by Crippen LogP contribution is -2.10. The zero-order valence-corrected chi connectivity index (χ0v) is 14.9. The van der Waals surface area contributed by atoms with Gasteiger partial charge in [-0.15, -0.1) is 0 Å². The van der Waals surface area contributed by atoms with E-state index in [4.69, 9.17) is 13.9 Å². The van der Waals surface area contributed by atoms with Crippen LogP contribution in [-0.4, -0.2) is 19.0 Å². The molecule has 1 atom stereocenters. The Kier molecular flexibility index (Phi) is 4.50. The molecular formula is C20H18O6. The second-order valence-electron chi connectivity index (χ2n) is 6.12. The maximum absolute atomic E-state index is 13.0. The summed E-state index contributed by atoms with van der Waals surface area (Å²) in [7, 11) is 1.28. The van der Waals surface area contributed by atoms with E-state index >= 15 is 0 Å². The molecule has 3 aromatic rings. The predicted octanol–water partition coefficient (Wildman–Crippen LogP) is 3.67. The van der Waals surface area contributed by atoms with E-state index in [-0.39, 0.29) is 16.4 Å². The number of benzene rings is 2. The SMILES string of the molecule is COC(=O)c1ccc2oc3c(C(C)OC(C)=O)cc(C)cc3c(=O)c2c1. The first-order chi connectivity index (χ1) is 12.3. The summed E-state index contributed by atoms with van der Waals surface area (Å²) in [6.45, 7) is 4.90. The summed E-state index contributed by atoms with van der Waals surface area (Å²) in [5.41, 5.74) is 2.18. The second-order valence-corrected chi connectivity index (χ2v) is 6.12. The van der Waals surface area contributed by atoms with Crippen molar-refractivity contribution in [3.8, 4) is 0 Å². The Balaban J connectivity index is 2.32. The fourth-order valence-corrected chi connectivity index (χ4v) is 2.99. The van der Waals surface area contributed by atoms with Crippen LogP contribution in [0.1, 0.15) is 41.4 Å². The molecule has 0 aliphatic rings. The lowest BCUT2D eigenvalue weighted by atomic mass is 10.0. The van der Waals surface area contributed by atoms with E-state index in [0.29, 0.717) is 22.1 Å². The van der Waals surface area contributed by atoms with E-state index in [2.05, 4.69) is 0 Å². The van der Waals surface area contributed by atoms with Gasteiger partial charge >= 0.3 is 11.9 Å². The Morgan fingerprint density at radius 2 is 1.85 bits per heavy atom. The number of hydrogen-bond acceptors (Lipinski definition) is 6. The zero-order chi connectivity index (χ0) is 19.0. The fraction of sp³-hybridized carbons (Fsp3) is 0.250. The van der Waals surface area contributed by atoms with Gasteiger partial charge in [-0.05, 0) is 49.7 Å². The minimum atomic E-state index is -0.565. The highest BCUT2D eigenvalue weighted by molar-refractivity contribution is 5.97. The molecule has 2 aromatic carbocycles. The van der Waals surface area contributed by atoms with E-state index in [9.17, 15) is 14.4 Å². The number of rotatable bonds is 3. The number of ether oxygens (including phenoxy) is 2. The molecule has 1 aromatic heterocycles. The highest BCUT2D eigenvalue weighted by atomic mass is 16.5. The van der Waals surface area contributed by atoms with Gasteiger partial charge < -0.3 is 13.9 Å². The number of methoxy groups -OCH3 is 1. The number of hydrogen-bond donors (Lipinski definition) is 0. The molecule has 0 N–H and O–H groups in total. The van der Waals surface area contributed by atoms with Gasteiger partial charge in [0, 0.05) is 12.5 Å². The van der Waals surface area contributed by atoms with Crippen LogP contribution in [0.2, 0.25) is 0 Å². The van der Waals surface area contributed by atoms with E-state index in [1.165, 1.54) is 26.2 Å². The van der Waals surface area contributed by atoms with Crippen LogP contribution in [0.25, 0.3) is 21.9 Å². The number of carbonyl (C=O) groups is 2. The number of fused-ring (bicyclic) bond motifs is 2. The van der Waals surface area contributed by atoms with Crippen molar-refractivity contribution in [1.82, 2.24) is 0 Å². The summed E-state index contributed by atoms with van der Waals surface area (Å²) in [6.07, 6.45) is -0.565. The van der Waals surface area contributed by atoms with Crippen molar-refractivity contribution in [3.63, 3.8) is 0 Å². The smallest absolute Gasteiger partial charge is 0.337 e. The molecule has 6 heteroatoms. The molecule has 0 spiro atoms. The molecule has 6 nitrogen and oxygen atoms in total. The number of carbonyl (C=O) groups excluding carboxylic acids is 2. The Morgan fingerprint density at radius 3 is 2.50 bits per heavy atom. The molecule has 0 aliphatic heterocycles. The lowest BCUT2D eigenvalue weighted by Gasteiger charge is -2.15. The number of esters is 2. The van der Waals surface area contributed by atoms with Crippen molar-refractivity contribution in [2.75, 3.05) is 7.11 Å². The molecule has 0 radical (unpaired) electrons. The molecule has 1 heterocycles. The first-order valence-corrected chi connectivity index (χ1v) is 8.08. The summed E-state index contributed by atoms with van der Waals surface area (Å²) < 4.78 is 15.9. The lowest BCUT2D eigenvalue weighted by molar-refractivity contribution is -0.145. The van der Waals surface area contributed by atoms with Crippen LogP contribution >= 0.6 is 0 Å². The molecule has 0 fully saturated rings. The van der Waals surface area contributed by atoms with Crippen LogP contribution < -0.4 is 5.43 Å². The fourth-order valence-electron chi connectivity index (χ4n) is 2.99. The second kappa shape index (κ2) is 6.63. The van der Waals surface area contributed by atoms with Crippen molar-refractivity contribution in [2.24, 2.45) is 0 Å². The third-order valence-corrected chi connectivity index (χ3v) is 4.14. The Labute approximate surface area is 149 Å².